The van der Waals surface area contributed by atoms with Gasteiger partial charge in [-0.15, -0.1) is 21.5 Å². The molecule has 8 heteroatoms. The van der Waals surface area contributed by atoms with E-state index in [1.165, 1.54) is 17.4 Å². The molecule has 120 valence electrons. The normalized spacial score (nSPS) is 12.0. The van der Waals surface area contributed by atoms with Gasteiger partial charge in [-0.05, 0) is 30.3 Å². The minimum absolute atomic E-state index is 0.184. The SMILES string of the molecule is FC(F)(F)c1ccc2sc(-c3nnc(-c4ccccc4)o3)nc2c1. The first-order valence-corrected chi connectivity index (χ1v) is 7.69. The minimum atomic E-state index is -4.40. The molecule has 0 saturated carbocycles. The standard InChI is InChI=1S/C16H8F3N3OS/c17-16(18,19)10-6-7-12-11(8-10)20-15(24-12)14-22-21-13(23-14)9-4-2-1-3-5-9/h1-8H. The minimum Gasteiger partial charge on any atom is -0.414 e. The lowest BCUT2D eigenvalue weighted by Crippen LogP contribution is -2.03. The van der Waals surface area contributed by atoms with E-state index >= 15 is 0 Å². The summed E-state index contributed by atoms with van der Waals surface area (Å²) in [6, 6.07) is 12.7. The fourth-order valence-electron chi connectivity index (χ4n) is 2.20. The molecule has 0 atom stereocenters. The average molecular weight is 347 g/mol. The van der Waals surface area contributed by atoms with Gasteiger partial charge >= 0.3 is 6.18 Å². The highest BCUT2D eigenvalue weighted by Gasteiger charge is 2.31. The van der Waals surface area contributed by atoms with Gasteiger partial charge in [-0.2, -0.15) is 13.2 Å². The van der Waals surface area contributed by atoms with Crippen molar-refractivity contribution in [3.05, 3.63) is 54.1 Å². The van der Waals surface area contributed by atoms with Gasteiger partial charge in [0.25, 0.3) is 5.89 Å². The lowest BCUT2D eigenvalue weighted by molar-refractivity contribution is -0.137. The number of benzene rings is 2. The van der Waals surface area contributed by atoms with E-state index in [0.717, 1.165) is 17.7 Å². The molecule has 0 bridgehead atoms. The lowest BCUT2D eigenvalue weighted by atomic mass is 10.2. The van der Waals surface area contributed by atoms with Crippen molar-refractivity contribution < 1.29 is 17.6 Å². The second-order valence-corrected chi connectivity index (χ2v) is 6.01. The first-order chi connectivity index (χ1) is 11.5. The Morgan fingerprint density at radius 3 is 2.42 bits per heavy atom. The van der Waals surface area contributed by atoms with Crippen molar-refractivity contribution in [3.63, 3.8) is 0 Å². The first-order valence-electron chi connectivity index (χ1n) is 6.88. The average Bonchev–Trinajstić information content (AvgIpc) is 3.21. The zero-order valence-electron chi connectivity index (χ0n) is 11.9. The molecular weight excluding hydrogens is 339 g/mol. The maximum atomic E-state index is 12.8. The summed E-state index contributed by atoms with van der Waals surface area (Å²) in [4.78, 5) is 4.19. The largest absolute Gasteiger partial charge is 0.416 e. The number of nitrogens with zero attached hydrogens (tertiary/aromatic N) is 3. The number of rotatable bonds is 2. The summed E-state index contributed by atoms with van der Waals surface area (Å²) in [6.45, 7) is 0. The van der Waals surface area contributed by atoms with Gasteiger partial charge in [0.2, 0.25) is 5.89 Å². The van der Waals surface area contributed by atoms with Crippen LogP contribution in [-0.4, -0.2) is 15.2 Å². The Labute approximate surface area is 137 Å². The summed E-state index contributed by atoms with van der Waals surface area (Å²) < 4.78 is 44.5. The van der Waals surface area contributed by atoms with Gasteiger partial charge in [0.1, 0.15) is 0 Å². The van der Waals surface area contributed by atoms with Gasteiger partial charge in [0, 0.05) is 5.56 Å². The van der Waals surface area contributed by atoms with Gasteiger partial charge in [-0.3, -0.25) is 0 Å². The summed E-state index contributed by atoms with van der Waals surface area (Å²) >= 11 is 1.20. The highest BCUT2D eigenvalue weighted by molar-refractivity contribution is 7.21. The van der Waals surface area contributed by atoms with E-state index < -0.39 is 11.7 Å². The number of halogens is 3. The fraction of sp³-hybridized carbons (Fsp3) is 0.0625. The predicted molar refractivity (Wildman–Crippen MR) is 83.4 cm³/mol. The van der Waals surface area contributed by atoms with E-state index in [9.17, 15) is 13.2 Å². The quantitative estimate of drug-likeness (QED) is 0.510. The molecule has 0 radical (unpaired) electrons. The molecular formula is C16H8F3N3OS. The third kappa shape index (κ3) is 2.65. The Bertz CT molecular complexity index is 1010. The third-order valence-corrected chi connectivity index (χ3v) is 4.37. The Morgan fingerprint density at radius 1 is 0.917 bits per heavy atom. The van der Waals surface area contributed by atoms with Crippen LogP contribution in [0.25, 0.3) is 32.6 Å². The molecule has 0 fully saturated rings. The Kier molecular flexibility index (Phi) is 3.34. The van der Waals surface area contributed by atoms with E-state index in [1.807, 2.05) is 30.3 Å². The van der Waals surface area contributed by atoms with Crippen LogP contribution in [0.5, 0.6) is 0 Å². The zero-order chi connectivity index (χ0) is 16.7. The van der Waals surface area contributed by atoms with E-state index in [0.29, 0.717) is 15.6 Å². The topological polar surface area (TPSA) is 51.8 Å². The number of fused-ring (bicyclic) bond motifs is 1. The van der Waals surface area contributed by atoms with Crippen molar-refractivity contribution in [1.29, 1.82) is 0 Å². The van der Waals surface area contributed by atoms with E-state index in [4.69, 9.17) is 4.42 Å². The molecule has 2 aromatic heterocycles. The Hall–Kier alpha value is -2.74. The molecule has 2 aromatic carbocycles. The number of alkyl halides is 3. The number of aromatic nitrogens is 3. The van der Waals surface area contributed by atoms with Crippen LogP contribution in [0.2, 0.25) is 0 Å². The van der Waals surface area contributed by atoms with Crippen LogP contribution in [0, 0.1) is 0 Å². The molecule has 0 unspecified atom stereocenters. The summed E-state index contributed by atoms with van der Waals surface area (Å²) in [7, 11) is 0. The third-order valence-electron chi connectivity index (χ3n) is 3.34. The van der Waals surface area contributed by atoms with E-state index in [-0.39, 0.29) is 11.4 Å². The molecule has 0 aliphatic rings. The zero-order valence-corrected chi connectivity index (χ0v) is 12.7. The maximum absolute atomic E-state index is 12.8. The molecule has 4 aromatic rings. The molecule has 0 N–H and O–H groups in total. The van der Waals surface area contributed by atoms with Crippen LogP contribution in [-0.2, 0) is 6.18 Å². The van der Waals surface area contributed by atoms with Crippen LogP contribution in [0.15, 0.2) is 52.9 Å². The molecule has 24 heavy (non-hydrogen) atoms. The smallest absolute Gasteiger partial charge is 0.414 e. The molecule has 4 rings (SSSR count). The van der Waals surface area contributed by atoms with Crippen LogP contribution in [0.1, 0.15) is 5.56 Å². The lowest BCUT2D eigenvalue weighted by Gasteiger charge is -2.04. The molecule has 0 aliphatic heterocycles. The molecule has 0 aliphatic carbocycles. The number of hydrogen-bond donors (Lipinski definition) is 0. The second kappa shape index (κ2) is 5.41. The summed E-state index contributed by atoms with van der Waals surface area (Å²) in [5.74, 6) is 0.518. The van der Waals surface area contributed by atoms with Crippen molar-refractivity contribution >= 4 is 21.6 Å². The molecule has 0 saturated heterocycles. The highest BCUT2D eigenvalue weighted by atomic mass is 32.1. The van der Waals surface area contributed by atoms with Gasteiger partial charge in [0.15, 0.2) is 5.01 Å². The van der Waals surface area contributed by atoms with Gasteiger partial charge in [-0.1, -0.05) is 18.2 Å². The first kappa shape index (κ1) is 14.8. The summed E-state index contributed by atoms with van der Waals surface area (Å²) in [5.41, 5.74) is 0.281. The van der Waals surface area contributed by atoms with Crippen LogP contribution in [0.4, 0.5) is 13.2 Å². The van der Waals surface area contributed by atoms with E-state index in [2.05, 4.69) is 15.2 Å². The van der Waals surface area contributed by atoms with Gasteiger partial charge in [0.05, 0.1) is 15.8 Å². The summed E-state index contributed by atoms with van der Waals surface area (Å²) in [5, 5.41) is 8.29. The fourth-order valence-corrected chi connectivity index (χ4v) is 3.07. The maximum Gasteiger partial charge on any atom is 0.416 e. The second-order valence-electron chi connectivity index (χ2n) is 4.98. The monoisotopic (exact) mass is 347 g/mol. The molecule has 2 heterocycles. The molecule has 0 spiro atoms. The van der Waals surface area contributed by atoms with Crippen LogP contribution < -0.4 is 0 Å². The van der Waals surface area contributed by atoms with Crippen LogP contribution >= 0.6 is 11.3 Å². The Balaban J connectivity index is 1.73. The van der Waals surface area contributed by atoms with E-state index in [1.54, 1.807) is 0 Å². The molecule has 4 nitrogen and oxygen atoms in total. The van der Waals surface area contributed by atoms with Crippen molar-refractivity contribution in [3.8, 4) is 22.4 Å². The molecule has 0 amide bonds. The number of hydrogen-bond acceptors (Lipinski definition) is 5. The summed E-state index contributed by atoms with van der Waals surface area (Å²) in [6.07, 6.45) is -4.40. The van der Waals surface area contributed by atoms with Gasteiger partial charge < -0.3 is 4.42 Å². The van der Waals surface area contributed by atoms with Crippen molar-refractivity contribution in [2.45, 2.75) is 6.18 Å². The van der Waals surface area contributed by atoms with Gasteiger partial charge in [-0.25, -0.2) is 4.98 Å². The highest BCUT2D eigenvalue weighted by Crippen LogP contribution is 2.35. The van der Waals surface area contributed by atoms with Crippen molar-refractivity contribution in [1.82, 2.24) is 15.2 Å². The Morgan fingerprint density at radius 2 is 1.67 bits per heavy atom. The van der Waals surface area contributed by atoms with Crippen LogP contribution in [0.3, 0.4) is 0 Å². The predicted octanol–water partition coefficient (Wildman–Crippen LogP) is 5.03. The van der Waals surface area contributed by atoms with Crippen molar-refractivity contribution in [2.24, 2.45) is 0 Å². The number of thiazole rings is 1. The van der Waals surface area contributed by atoms with Crippen molar-refractivity contribution in [2.75, 3.05) is 0 Å².